The Morgan fingerprint density at radius 1 is 1.32 bits per heavy atom. The minimum absolute atomic E-state index is 0. The first kappa shape index (κ1) is 18.5. The van der Waals surface area contributed by atoms with Gasteiger partial charge in [0, 0.05) is 25.6 Å². The number of guanidine groups is 1. The first-order valence-corrected chi connectivity index (χ1v) is 6.88. The van der Waals surface area contributed by atoms with E-state index in [1.807, 2.05) is 0 Å². The summed E-state index contributed by atoms with van der Waals surface area (Å²) in [6.07, 6.45) is 5.93. The molecule has 0 saturated heterocycles. The van der Waals surface area contributed by atoms with Gasteiger partial charge in [0.05, 0.1) is 7.11 Å². The van der Waals surface area contributed by atoms with Gasteiger partial charge in [-0.05, 0) is 32.6 Å². The molecule has 0 bridgehead atoms. The monoisotopic (exact) mass is 383 g/mol. The number of nitrogens with one attached hydrogen (secondary N) is 2. The lowest BCUT2D eigenvalue weighted by Gasteiger charge is -2.09. The van der Waals surface area contributed by atoms with Gasteiger partial charge in [0.2, 0.25) is 0 Å². The van der Waals surface area contributed by atoms with Crippen LogP contribution in [0.3, 0.4) is 0 Å². The molecule has 0 amide bonds. The quantitative estimate of drug-likeness (QED) is 0.222. The number of nitrogens with zero attached hydrogens (tertiary/aromatic N) is 1. The molecule has 0 aromatic carbocycles. The lowest BCUT2D eigenvalue weighted by atomic mass is 10.2. The first-order valence-electron chi connectivity index (χ1n) is 6.88. The van der Waals surface area contributed by atoms with Crippen molar-refractivity contribution >= 4 is 35.9 Å². The number of rotatable bonds is 8. The minimum Gasteiger partial charge on any atom is -0.469 e. The van der Waals surface area contributed by atoms with Crippen molar-refractivity contribution < 1.29 is 9.53 Å². The smallest absolute Gasteiger partial charge is 0.305 e. The molecular formula is C13H26IN3O2. The van der Waals surface area contributed by atoms with Gasteiger partial charge in [-0.1, -0.05) is 6.42 Å². The molecule has 0 aliphatic heterocycles. The Kier molecular flexibility index (Phi) is 11.0. The highest BCUT2D eigenvalue weighted by Crippen LogP contribution is 2.18. The molecule has 1 aliphatic rings. The molecule has 1 fully saturated rings. The summed E-state index contributed by atoms with van der Waals surface area (Å²) in [5.74, 6) is 0.801. The van der Waals surface area contributed by atoms with Crippen molar-refractivity contribution in [2.24, 2.45) is 4.99 Å². The summed E-state index contributed by atoms with van der Waals surface area (Å²) in [6, 6.07) is 0.627. The number of methoxy groups -OCH3 is 1. The summed E-state index contributed by atoms with van der Waals surface area (Å²) in [6.45, 7) is 3.77. The van der Waals surface area contributed by atoms with E-state index in [0.29, 0.717) is 12.5 Å². The Labute approximate surface area is 133 Å². The van der Waals surface area contributed by atoms with Crippen LogP contribution in [0.2, 0.25) is 0 Å². The third-order valence-corrected chi connectivity index (χ3v) is 2.80. The SMILES string of the molecule is CCNC(=NCCCCCC(=O)OC)NC1CC1.I. The average Bonchev–Trinajstić information content (AvgIpc) is 3.17. The summed E-state index contributed by atoms with van der Waals surface area (Å²) < 4.78 is 4.59. The molecule has 112 valence electrons. The van der Waals surface area contributed by atoms with E-state index in [-0.39, 0.29) is 29.9 Å². The van der Waals surface area contributed by atoms with E-state index in [0.717, 1.165) is 38.3 Å². The second kappa shape index (κ2) is 11.3. The summed E-state index contributed by atoms with van der Waals surface area (Å²) >= 11 is 0. The number of hydrogen-bond acceptors (Lipinski definition) is 3. The Hall–Kier alpha value is -0.530. The number of carbonyl (C=O) groups excluding carboxylic acids is 1. The fourth-order valence-electron chi connectivity index (χ4n) is 1.59. The third-order valence-electron chi connectivity index (χ3n) is 2.80. The maximum absolute atomic E-state index is 10.9. The molecule has 1 rings (SSSR count). The molecule has 0 radical (unpaired) electrons. The zero-order chi connectivity index (χ0) is 13.2. The summed E-state index contributed by atoms with van der Waals surface area (Å²) in [5.41, 5.74) is 0. The second-order valence-electron chi connectivity index (χ2n) is 4.57. The summed E-state index contributed by atoms with van der Waals surface area (Å²) in [7, 11) is 1.43. The predicted molar refractivity (Wildman–Crippen MR) is 88.0 cm³/mol. The van der Waals surface area contributed by atoms with Crippen LogP contribution in [0.4, 0.5) is 0 Å². The van der Waals surface area contributed by atoms with Crippen molar-refractivity contribution in [3.63, 3.8) is 0 Å². The fraction of sp³-hybridized carbons (Fsp3) is 0.846. The molecule has 0 unspecified atom stereocenters. The van der Waals surface area contributed by atoms with E-state index in [9.17, 15) is 4.79 Å². The summed E-state index contributed by atoms with van der Waals surface area (Å²) in [4.78, 5) is 15.4. The largest absolute Gasteiger partial charge is 0.469 e. The first-order chi connectivity index (χ1) is 8.76. The van der Waals surface area contributed by atoms with Gasteiger partial charge in [-0.25, -0.2) is 0 Å². The van der Waals surface area contributed by atoms with Crippen LogP contribution in [0.5, 0.6) is 0 Å². The fourth-order valence-corrected chi connectivity index (χ4v) is 1.59. The van der Waals surface area contributed by atoms with Crippen molar-refractivity contribution in [3.8, 4) is 0 Å². The molecule has 0 heterocycles. The number of esters is 1. The molecule has 6 heteroatoms. The van der Waals surface area contributed by atoms with Crippen LogP contribution in [-0.4, -0.2) is 38.2 Å². The number of hydrogen-bond donors (Lipinski definition) is 2. The zero-order valence-electron chi connectivity index (χ0n) is 11.9. The Morgan fingerprint density at radius 3 is 2.63 bits per heavy atom. The Morgan fingerprint density at radius 2 is 2.05 bits per heavy atom. The van der Waals surface area contributed by atoms with E-state index < -0.39 is 0 Å². The van der Waals surface area contributed by atoms with Crippen molar-refractivity contribution in [2.45, 2.75) is 51.5 Å². The van der Waals surface area contributed by atoms with E-state index >= 15 is 0 Å². The van der Waals surface area contributed by atoms with Gasteiger partial charge < -0.3 is 15.4 Å². The topological polar surface area (TPSA) is 62.7 Å². The number of carbonyl (C=O) groups is 1. The normalized spacial score (nSPS) is 14.5. The van der Waals surface area contributed by atoms with Gasteiger partial charge in [0.15, 0.2) is 5.96 Å². The molecule has 5 nitrogen and oxygen atoms in total. The zero-order valence-corrected chi connectivity index (χ0v) is 14.2. The third kappa shape index (κ3) is 9.98. The maximum atomic E-state index is 10.9. The van der Waals surface area contributed by atoms with Crippen molar-refractivity contribution in [1.82, 2.24) is 10.6 Å². The standard InChI is InChI=1S/C13H25N3O2.HI/c1-3-14-13(16-11-8-9-11)15-10-6-4-5-7-12(17)18-2;/h11H,3-10H2,1-2H3,(H2,14,15,16);1H. The van der Waals surface area contributed by atoms with Crippen molar-refractivity contribution in [2.75, 3.05) is 20.2 Å². The van der Waals surface area contributed by atoms with Crippen LogP contribution in [-0.2, 0) is 9.53 Å². The van der Waals surface area contributed by atoms with Crippen LogP contribution in [0.15, 0.2) is 4.99 Å². The van der Waals surface area contributed by atoms with Gasteiger partial charge in [0.1, 0.15) is 0 Å². The van der Waals surface area contributed by atoms with E-state index in [4.69, 9.17) is 0 Å². The number of aliphatic imine (C=N–C) groups is 1. The average molecular weight is 383 g/mol. The molecule has 0 spiro atoms. The van der Waals surface area contributed by atoms with E-state index in [1.165, 1.54) is 20.0 Å². The molecule has 19 heavy (non-hydrogen) atoms. The second-order valence-corrected chi connectivity index (χ2v) is 4.57. The highest BCUT2D eigenvalue weighted by Gasteiger charge is 2.21. The van der Waals surface area contributed by atoms with Crippen LogP contribution >= 0.6 is 24.0 Å². The minimum atomic E-state index is -0.123. The van der Waals surface area contributed by atoms with Crippen LogP contribution < -0.4 is 10.6 Å². The number of unbranched alkanes of at least 4 members (excludes halogenated alkanes) is 2. The molecule has 2 N–H and O–H groups in total. The Balaban J connectivity index is 0.00000324. The lowest BCUT2D eigenvalue weighted by molar-refractivity contribution is -0.140. The number of ether oxygens (including phenoxy) is 1. The molecule has 1 aliphatic carbocycles. The highest BCUT2D eigenvalue weighted by atomic mass is 127. The van der Waals surface area contributed by atoms with Crippen LogP contribution in [0.25, 0.3) is 0 Å². The Bertz CT molecular complexity index is 281. The predicted octanol–water partition coefficient (Wildman–Crippen LogP) is 2.06. The van der Waals surface area contributed by atoms with Gasteiger partial charge in [0.25, 0.3) is 0 Å². The molecule has 0 aromatic rings. The molecule has 1 saturated carbocycles. The van der Waals surface area contributed by atoms with E-state index in [1.54, 1.807) is 0 Å². The van der Waals surface area contributed by atoms with Gasteiger partial charge in [-0.15, -0.1) is 24.0 Å². The highest BCUT2D eigenvalue weighted by molar-refractivity contribution is 14.0. The van der Waals surface area contributed by atoms with Gasteiger partial charge in [-0.3, -0.25) is 9.79 Å². The molecule has 0 atom stereocenters. The van der Waals surface area contributed by atoms with E-state index in [2.05, 4.69) is 27.3 Å². The number of halogens is 1. The van der Waals surface area contributed by atoms with Crippen LogP contribution in [0.1, 0.15) is 45.4 Å². The molecular weight excluding hydrogens is 357 g/mol. The van der Waals surface area contributed by atoms with Crippen LogP contribution in [0, 0.1) is 0 Å². The van der Waals surface area contributed by atoms with Crippen molar-refractivity contribution in [3.05, 3.63) is 0 Å². The van der Waals surface area contributed by atoms with Crippen molar-refractivity contribution in [1.29, 1.82) is 0 Å². The van der Waals surface area contributed by atoms with Gasteiger partial charge >= 0.3 is 5.97 Å². The molecule has 0 aromatic heterocycles. The van der Waals surface area contributed by atoms with Gasteiger partial charge in [-0.2, -0.15) is 0 Å². The summed E-state index contributed by atoms with van der Waals surface area (Å²) in [5, 5.41) is 6.61. The lowest BCUT2D eigenvalue weighted by Crippen LogP contribution is -2.38. The maximum Gasteiger partial charge on any atom is 0.305 e.